The van der Waals surface area contributed by atoms with E-state index in [1.54, 1.807) is 38.4 Å². The molecule has 2 aromatic carbocycles. The number of nitrogens with one attached hydrogen (secondary N) is 4. The van der Waals surface area contributed by atoms with E-state index in [1.165, 1.54) is 5.56 Å². The lowest BCUT2D eigenvalue weighted by atomic mass is 9.99. The molecule has 1 aliphatic heterocycles. The van der Waals surface area contributed by atoms with Gasteiger partial charge in [-0.15, -0.1) is 0 Å². The van der Waals surface area contributed by atoms with Crippen LogP contribution in [0.25, 0.3) is 33.5 Å². The van der Waals surface area contributed by atoms with Crippen molar-refractivity contribution in [2.24, 2.45) is 0 Å². The van der Waals surface area contributed by atoms with E-state index in [9.17, 15) is 29.4 Å². The number of aromatic carboxylic acids is 2. The van der Waals surface area contributed by atoms with Gasteiger partial charge < -0.3 is 40.7 Å². The minimum absolute atomic E-state index is 0.374. The number of H-pyrrole nitrogens is 3. The molecule has 0 unspecified atom stereocenters. The maximum absolute atomic E-state index is 12.0. The summed E-state index contributed by atoms with van der Waals surface area (Å²) in [5, 5.41) is 41.7. The van der Waals surface area contributed by atoms with Crippen molar-refractivity contribution in [3.63, 3.8) is 0 Å². The quantitative estimate of drug-likeness (QED) is 0.141. The molecule has 0 bridgehead atoms. The second-order valence-electron chi connectivity index (χ2n) is 10.1. The zero-order valence-electron chi connectivity index (χ0n) is 23.7. The molecule has 0 fully saturated rings. The maximum atomic E-state index is 12.0. The fourth-order valence-corrected chi connectivity index (χ4v) is 5.37. The van der Waals surface area contributed by atoms with Crippen molar-refractivity contribution in [3.8, 4) is 34.0 Å². The molecule has 0 spiro atoms. The fourth-order valence-electron chi connectivity index (χ4n) is 5.37. The number of hydrogen-bond acceptors (Lipinski definition) is 8. The van der Waals surface area contributed by atoms with Gasteiger partial charge in [-0.3, -0.25) is 9.59 Å². The molecule has 44 heavy (non-hydrogen) atoms. The predicted molar refractivity (Wildman–Crippen MR) is 163 cm³/mol. The lowest BCUT2D eigenvalue weighted by molar-refractivity contribution is 0.0680. The SMILES string of the molecule is CCc1c(-c2ccc3c(c2)NCC3)[nH]c(=O)c(C(=O)O)c1O.CCc1c(-c2ccc3nc[nH]c3c2)[nH]c(=O)c(C(=O)O)c1O. The number of benzene rings is 2. The molecule has 6 rings (SSSR count). The van der Waals surface area contributed by atoms with Crippen LogP contribution in [0.15, 0.2) is 52.3 Å². The summed E-state index contributed by atoms with van der Waals surface area (Å²) >= 11 is 0. The van der Waals surface area contributed by atoms with Crippen LogP contribution in [0.2, 0.25) is 0 Å². The van der Waals surface area contributed by atoms with E-state index in [2.05, 4.69) is 25.3 Å². The van der Waals surface area contributed by atoms with E-state index < -0.39 is 45.7 Å². The fraction of sp³-hybridized carbons (Fsp3) is 0.194. The largest absolute Gasteiger partial charge is 0.506 e. The van der Waals surface area contributed by atoms with Gasteiger partial charge >= 0.3 is 11.9 Å². The van der Waals surface area contributed by atoms with Gasteiger partial charge in [0, 0.05) is 34.5 Å². The van der Waals surface area contributed by atoms with Crippen molar-refractivity contribution in [2.75, 3.05) is 11.9 Å². The summed E-state index contributed by atoms with van der Waals surface area (Å²) in [5.41, 5.74) is 3.97. The number of carboxylic acid groups (broad SMARTS) is 2. The average molecular weight is 600 g/mol. The van der Waals surface area contributed by atoms with Crippen LogP contribution < -0.4 is 16.4 Å². The van der Waals surface area contributed by atoms with Crippen LogP contribution in [0.1, 0.15) is 51.3 Å². The first-order valence-corrected chi connectivity index (χ1v) is 13.8. The standard InChI is InChI=1S/C16H16N2O4.C15H13N3O4/c1-2-10-13(18-15(20)12(14(10)19)16(21)22)9-4-3-8-5-6-17-11(8)7-9;1-2-8-12(18-14(20)11(13(8)19)15(21)22)7-3-4-9-10(5-7)17-6-16-9/h3-4,7,17H,2,5-6H2,1H3,(H,21,22)(H2,18,19,20);3-6H,2H2,1H3,(H,16,17)(H,21,22)(H2,18,19,20). The number of aromatic nitrogens is 4. The summed E-state index contributed by atoms with van der Waals surface area (Å²) in [6.07, 6.45) is 3.29. The third-order valence-corrected chi connectivity index (χ3v) is 7.53. The number of carbonyl (C=O) groups is 2. The van der Waals surface area contributed by atoms with Crippen LogP contribution in [0, 0.1) is 0 Å². The van der Waals surface area contributed by atoms with Gasteiger partial charge in [-0.2, -0.15) is 0 Å². The molecule has 5 aromatic rings. The van der Waals surface area contributed by atoms with E-state index in [0.717, 1.165) is 35.2 Å². The Bertz CT molecular complexity index is 2060. The first kappa shape index (κ1) is 29.6. The highest BCUT2D eigenvalue weighted by Crippen LogP contribution is 2.34. The normalized spacial score (nSPS) is 11.9. The number of imidazole rings is 1. The van der Waals surface area contributed by atoms with Gasteiger partial charge in [-0.1, -0.05) is 32.0 Å². The Morgan fingerprint density at radius 1 is 0.818 bits per heavy atom. The Kier molecular flexibility index (Phi) is 7.95. The highest BCUT2D eigenvalue weighted by atomic mass is 16.4. The molecule has 13 nitrogen and oxygen atoms in total. The smallest absolute Gasteiger partial charge is 0.345 e. The number of pyridine rings is 2. The van der Waals surface area contributed by atoms with Gasteiger partial charge in [0.15, 0.2) is 11.1 Å². The summed E-state index contributed by atoms with van der Waals surface area (Å²) in [7, 11) is 0. The van der Waals surface area contributed by atoms with Crippen LogP contribution in [0.3, 0.4) is 0 Å². The van der Waals surface area contributed by atoms with Gasteiger partial charge in [-0.25, -0.2) is 14.6 Å². The minimum atomic E-state index is -1.45. The van der Waals surface area contributed by atoms with Crippen LogP contribution in [0.5, 0.6) is 11.5 Å². The molecule has 1 aliphatic rings. The maximum Gasteiger partial charge on any atom is 0.345 e. The summed E-state index contributed by atoms with van der Waals surface area (Å²) in [6, 6.07) is 11.1. The first-order chi connectivity index (χ1) is 21.0. The monoisotopic (exact) mass is 599 g/mol. The topological polar surface area (TPSA) is 221 Å². The summed E-state index contributed by atoms with van der Waals surface area (Å²) < 4.78 is 0. The van der Waals surface area contributed by atoms with E-state index in [-0.39, 0.29) is 0 Å². The molecule has 4 heterocycles. The van der Waals surface area contributed by atoms with Gasteiger partial charge in [0.25, 0.3) is 11.1 Å². The minimum Gasteiger partial charge on any atom is -0.506 e. The van der Waals surface area contributed by atoms with Gasteiger partial charge in [0.2, 0.25) is 0 Å². The Hall–Kier alpha value is -5.85. The van der Waals surface area contributed by atoms with Crippen molar-refractivity contribution in [1.82, 2.24) is 19.9 Å². The summed E-state index contributed by atoms with van der Waals surface area (Å²) in [5.74, 6) is -3.83. The molecule has 0 radical (unpaired) electrons. The first-order valence-electron chi connectivity index (χ1n) is 13.8. The van der Waals surface area contributed by atoms with Gasteiger partial charge in [0.05, 0.1) is 28.7 Å². The van der Waals surface area contributed by atoms with Crippen molar-refractivity contribution in [3.05, 3.63) is 91.3 Å². The molecule has 8 N–H and O–H groups in total. The zero-order valence-corrected chi connectivity index (χ0v) is 23.7. The molecule has 226 valence electrons. The van der Waals surface area contributed by atoms with Crippen LogP contribution in [-0.2, 0) is 19.3 Å². The molecule has 0 saturated heterocycles. The molecular formula is C31H29N5O8. The number of carboxylic acids is 2. The number of aromatic hydroxyl groups is 2. The Morgan fingerprint density at radius 3 is 1.91 bits per heavy atom. The highest BCUT2D eigenvalue weighted by molar-refractivity contribution is 5.93. The van der Waals surface area contributed by atoms with E-state index in [0.29, 0.717) is 40.9 Å². The molecule has 0 atom stereocenters. The Balaban J connectivity index is 0.000000175. The lowest BCUT2D eigenvalue weighted by Crippen LogP contribution is -2.20. The van der Waals surface area contributed by atoms with Gasteiger partial charge in [0.1, 0.15) is 11.5 Å². The van der Waals surface area contributed by atoms with Crippen LogP contribution >= 0.6 is 0 Å². The summed E-state index contributed by atoms with van der Waals surface area (Å²) in [6.45, 7) is 4.45. The number of rotatable bonds is 6. The predicted octanol–water partition coefficient (Wildman–Crippen LogP) is 3.86. The molecular weight excluding hydrogens is 570 g/mol. The van der Waals surface area contributed by atoms with Crippen molar-refractivity contribution in [2.45, 2.75) is 33.1 Å². The number of fused-ring (bicyclic) bond motifs is 2. The molecule has 0 saturated carbocycles. The number of hydrogen-bond donors (Lipinski definition) is 8. The third kappa shape index (κ3) is 5.26. The Labute approximate surface area is 248 Å². The van der Waals surface area contributed by atoms with Crippen molar-refractivity contribution in [1.29, 1.82) is 0 Å². The molecule has 13 heteroatoms. The van der Waals surface area contributed by atoms with Crippen molar-refractivity contribution >= 4 is 28.7 Å². The number of aromatic amines is 3. The van der Waals surface area contributed by atoms with Gasteiger partial charge in [-0.05, 0) is 43.0 Å². The second kappa shape index (κ2) is 11.8. The number of anilines is 1. The highest BCUT2D eigenvalue weighted by Gasteiger charge is 2.23. The zero-order chi connectivity index (χ0) is 31.7. The Morgan fingerprint density at radius 2 is 1.36 bits per heavy atom. The second-order valence-corrected chi connectivity index (χ2v) is 10.1. The van der Waals surface area contributed by atoms with Crippen LogP contribution in [-0.4, -0.2) is 58.8 Å². The van der Waals surface area contributed by atoms with E-state index >= 15 is 0 Å². The molecule has 0 amide bonds. The van der Waals surface area contributed by atoms with Crippen molar-refractivity contribution < 1.29 is 30.0 Å². The third-order valence-electron chi connectivity index (χ3n) is 7.53. The van der Waals surface area contributed by atoms with E-state index in [4.69, 9.17) is 10.2 Å². The lowest BCUT2D eigenvalue weighted by Gasteiger charge is -2.13. The molecule has 0 aliphatic carbocycles. The number of nitrogens with zero attached hydrogens (tertiary/aromatic N) is 1. The average Bonchev–Trinajstić information content (AvgIpc) is 3.65. The van der Waals surface area contributed by atoms with Crippen LogP contribution in [0.4, 0.5) is 5.69 Å². The van der Waals surface area contributed by atoms with E-state index in [1.807, 2.05) is 18.2 Å². The molecule has 3 aromatic heterocycles. The summed E-state index contributed by atoms with van der Waals surface area (Å²) in [4.78, 5) is 58.4.